The summed E-state index contributed by atoms with van der Waals surface area (Å²) < 4.78 is 13.5. The summed E-state index contributed by atoms with van der Waals surface area (Å²) in [6, 6.07) is 118. The summed E-state index contributed by atoms with van der Waals surface area (Å²) in [6.07, 6.45) is 0. The highest BCUT2D eigenvalue weighted by Gasteiger charge is 2.55. The Labute approximate surface area is 593 Å². The molecule has 6 nitrogen and oxygen atoms in total. The van der Waals surface area contributed by atoms with Gasteiger partial charge in [-0.15, -0.1) is 10.2 Å². The summed E-state index contributed by atoms with van der Waals surface area (Å²) in [5.41, 5.74) is 26.9. The third-order valence-electron chi connectivity index (χ3n) is 22.6. The lowest BCUT2D eigenvalue weighted by molar-refractivity contribution is 0.425. The predicted octanol–water partition coefficient (Wildman–Crippen LogP) is 23.5. The number of nitrogens with zero attached hydrogens (tertiary/aromatic N) is 4. The minimum atomic E-state index is -0.635. The van der Waals surface area contributed by atoms with Gasteiger partial charge in [0.05, 0.1) is 33.4 Å². The Hall–Kier alpha value is -12.6. The first-order valence-electron chi connectivity index (χ1n) is 35.2. The number of para-hydroxylation sites is 4. The van der Waals surface area contributed by atoms with E-state index in [9.17, 15) is 0 Å². The van der Waals surface area contributed by atoms with Crippen molar-refractivity contribution in [3.8, 4) is 102 Å². The Morgan fingerprint density at radius 2 is 0.686 bits per heavy atom. The molecule has 0 N–H and O–H groups in total. The second-order valence-corrected chi connectivity index (χ2v) is 28.7. The molecule has 0 amide bonds. The van der Waals surface area contributed by atoms with Gasteiger partial charge >= 0.3 is 0 Å². The van der Waals surface area contributed by atoms with E-state index in [1.165, 1.54) is 50.1 Å². The second kappa shape index (κ2) is 22.4. The highest BCUT2D eigenvalue weighted by Crippen LogP contribution is 2.64. The Morgan fingerprint density at radius 3 is 1.32 bits per heavy atom. The first-order valence-corrected chi connectivity index (χ1v) is 35.2. The van der Waals surface area contributed by atoms with E-state index in [-0.39, 0.29) is 10.8 Å². The third kappa shape index (κ3) is 8.59. The van der Waals surface area contributed by atoms with Gasteiger partial charge in [-0.1, -0.05) is 289 Å². The van der Waals surface area contributed by atoms with Gasteiger partial charge in [-0.3, -0.25) is 0 Å². The standard InChI is InChI=1S/C96H66N4O2/c1-93(2)72-34-10-12-36-75(72)96(79-40-16-20-45-88(79)102-89-46-21-17-41-80(89)96)82-57-61(48-52-74(82)93)60-27-22-29-64(55-60)83-53-54-84(100-99-83)70-51-50-66(68-31-8-9-32-69(68)70)63-47-49-71-85(58-63)97-92(98-91(71)59-25-6-5-7-26-59)65-30-23-28-62(56-65)67-33-24-42-81-90(67)94(3,4)73-35-11-13-37-76(73)95(81)77-38-14-18-43-86(77)101-87-44-19-15-39-78(87)95/h5-58H,1-4H3. The van der Waals surface area contributed by atoms with Crippen LogP contribution < -0.4 is 9.47 Å². The van der Waals surface area contributed by atoms with Crippen LogP contribution in [0.3, 0.4) is 0 Å². The van der Waals surface area contributed by atoms with Crippen molar-refractivity contribution in [2.45, 2.75) is 49.4 Å². The van der Waals surface area contributed by atoms with Gasteiger partial charge in [0.25, 0.3) is 0 Å². The van der Waals surface area contributed by atoms with Crippen LogP contribution in [0.2, 0.25) is 0 Å². The predicted molar refractivity (Wildman–Crippen MR) is 412 cm³/mol. The van der Waals surface area contributed by atoms with Crippen molar-refractivity contribution in [3.63, 3.8) is 0 Å². The summed E-state index contributed by atoms with van der Waals surface area (Å²) >= 11 is 0. The molecule has 2 aromatic heterocycles. The van der Waals surface area contributed by atoms with Gasteiger partial charge in [0.15, 0.2) is 5.82 Å². The molecular formula is C96H66N4O2. The van der Waals surface area contributed by atoms with Gasteiger partial charge in [0.2, 0.25) is 0 Å². The van der Waals surface area contributed by atoms with Crippen LogP contribution >= 0.6 is 0 Å². The Balaban J connectivity index is 0.655. The van der Waals surface area contributed by atoms with Crippen LogP contribution in [0.1, 0.15) is 94.5 Å². The number of hydrogen-bond donors (Lipinski definition) is 0. The lowest BCUT2D eigenvalue weighted by Crippen LogP contribution is -2.43. The largest absolute Gasteiger partial charge is 0.457 e. The molecule has 14 aromatic carbocycles. The fourth-order valence-electron chi connectivity index (χ4n) is 18.1. The molecule has 102 heavy (non-hydrogen) atoms. The molecule has 6 heteroatoms. The Bertz CT molecular complexity index is 6080. The van der Waals surface area contributed by atoms with Crippen molar-refractivity contribution in [2.75, 3.05) is 0 Å². The number of aromatic nitrogens is 4. The summed E-state index contributed by atoms with van der Waals surface area (Å²) in [5.74, 6) is 4.16. The molecule has 2 spiro atoms. The van der Waals surface area contributed by atoms with Crippen LogP contribution in [-0.4, -0.2) is 20.2 Å². The first kappa shape index (κ1) is 59.4. The molecule has 482 valence electrons. The zero-order chi connectivity index (χ0) is 68.1. The van der Waals surface area contributed by atoms with E-state index in [2.05, 4.69) is 355 Å². The molecule has 4 heterocycles. The Morgan fingerprint density at radius 1 is 0.245 bits per heavy atom. The van der Waals surface area contributed by atoms with Gasteiger partial charge in [-0.25, -0.2) is 9.97 Å². The van der Waals surface area contributed by atoms with Gasteiger partial charge in [0, 0.05) is 60.7 Å². The molecular weight excluding hydrogens is 1240 g/mol. The monoisotopic (exact) mass is 1310 g/mol. The number of rotatable bonds is 7. The quantitative estimate of drug-likeness (QED) is 0.158. The van der Waals surface area contributed by atoms with E-state index in [0.29, 0.717) is 5.82 Å². The topological polar surface area (TPSA) is 70.0 Å². The maximum absolute atomic E-state index is 6.76. The molecule has 0 saturated heterocycles. The molecule has 2 aliphatic heterocycles. The zero-order valence-electron chi connectivity index (χ0n) is 56.8. The maximum atomic E-state index is 6.76. The van der Waals surface area contributed by atoms with E-state index in [1.54, 1.807) is 0 Å². The fraction of sp³-hybridized carbons (Fsp3) is 0.0833. The van der Waals surface area contributed by atoms with Crippen molar-refractivity contribution in [3.05, 3.63) is 394 Å². The van der Waals surface area contributed by atoms with E-state index < -0.39 is 10.8 Å². The minimum absolute atomic E-state index is 0.262. The van der Waals surface area contributed by atoms with Crippen LogP contribution in [0.5, 0.6) is 23.0 Å². The lowest BCUT2D eigenvalue weighted by Gasteiger charge is -2.50. The Kier molecular flexibility index (Phi) is 13.1. The van der Waals surface area contributed by atoms with Crippen LogP contribution in [-0.2, 0) is 21.7 Å². The van der Waals surface area contributed by atoms with E-state index >= 15 is 0 Å². The van der Waals surface area contributed by atoms with Crippen LogP contribution in [0.25, 0.3) is 100 Å². The molecule has 2 aliphatic carbocycles. The summed E-state index contributed by atoms with van der Waals surface area (Å²) in [7, 11) is 0. The molecule has 4 aliphatic rings. The van der Waals surface area contributed by atoms with Crippen molar-refractivity contribution in [2.24, 2.45) is 0 Å². The second-order valence-electron chi connectivity index (χ2n) is 28.7. The first-order chi connectivity index (χ1) is 50.1. The highest BCUT2D eigenvalue weighted by molar-refractivity contribution is 6.06. The van der Waals surface area contributed by atoms with Crippen LogP contribution in [0, 0.1) is 0 Å². The molecule has 20 rings (SSSR count). The van der Waals surface area contributed by atoms with Gasteiger partial charge < -0.3 is 9.47 Å². The molecule has 0 fully saturated rings. The smallest absolute Gasteiger partial charge is 0.160 e. The van der Waals surface area contributed by atoms with Crippen LogP contribution in [0.15, 0.2) is 328 Å². The average molecular weight is 1310 g/mol. The molecule has 0 bridgehead atoms. The summed E-state index contributed by atoms with van der Waals surface area (Å²) in [5, 5.41) is 13.2. The maximum Gasteiger partial charge on any atom is 0.160 e. The number of ether oxygens (including phenoxy) is 2. The van der Waals surface area contributed by atoms with Crippen molar-refractivity contribution in [1.82, 2.24) is 20.2 Å². The fourth-order valence-corrected chi connectivity index (χ4v) is 18.1. The number of benzene rings is 14. The van der Waals surface area contributed by atoms with Gasteiger partial charge in [-0.05, 0) is 155 Å². The van der Waals surface area contributed by atoms with E-state index in [0.717, 1.165) is 134 Å². The lowest BCUT2D eigenvalue weighted by atomic mass is 9.53. The van der Waals surface area contributed by atoms with Crippen molar-refractivity contribution < 1.29 is 9.47 Å². The van der Waals surface area contributed by atoms with Crippen molar-refractivity contribution in [1.29, 1.82) is 0 Å². The van der Waals surface area contributed by atoms with E-state index in [1.807, 2.05) is 0 Å². The van der Waals surface area contributed by atoms with Crippen molar-refractivity contribution >= 4 is 21.7 Å². The normalized spacial score (nSPS) is 14.7. The zero-order valence-corrected chi connectivity index (χ0v) is 56.8. The molecule has 16 aromatic rings. The number of fused-ring (bicyclic) bond motifs is 18. The van der Waals surface area contributed by atoms with Gasteiger partial charge in [-0.2, -0.15) is 0 Å². The molecule has 0 unspecified atom stereocenters. The molecule has 0 radical (unpaired) electrons. The summed E-state index contributed by atoms with van der Waals surface area (Å²) in [4.78, 5) is 11.0. The highest BCUT2D eigenvalue weighted by atomic mass is 16.5. The number of hydrogen-bond acceptors (Lipinski definition) is 6. The van der Waals surface area contributed by atoms with Crippen LogP contribution in [0.4, 0.5) is 0 Å². The third-order valence-corrected chi connectivity index (χ3v) is 22.6. The molecule has 0 saturated carbocycles. The molecule has 0 atom stereocenters. The SMILES string of the molecule is CC1(C)c2ccccc2C2(c3ccccc3Oc3ccccc32)c2cc(-c3cccc(-c4ccc(-c5ccc(-c6ccc7c(-c8ccccc8)nc(-c8cccc(-c9cccc%10c9C(C)(C)c9ccccc9C%109c%10ccccc%10Oc%10ccccc%109)c8)nc7c6)c6ccccc56)nn4)c3)ccc21. The average Bonchev–Trinajstić information content (AvgIpc) is 0.678. The summed E-state index contributed by atoms with van der Waals surface area (Å²) in [6.45, 7) is 9.50. The minimum Gasteiger partial charge on any atom is -0.457 e. The van der Waals surface area contributed by atoms with E-state index in [4.69, 9.17) is 29.6 Å². The van der Waals surface area contributed by atoms with Gasteiger partial charge in [0.1, 0.15) is 23.0 Å².